The summed E-state index contributed by atoms with van der Waals surface area (Å²) in [6, 6.07) is 16.9. The molecule has 0 bridgehead atoms. The highest BCUT2D eigenvalue weighted by Gasteiger charge is 2.30. The average Bonchev–Trinajstić information content (AvgIpc) is 3.41. The minimum Gasteiger partial charge on any atom is -0.360 e. The Morgan fingerprint density at radius 3 is 2.76 bits per heavy atom. The summed E-state index contributed by atoms with van der Waals surface area (Å²) in [4.78, 5) is 24.4. The van der Waals surface area contributed by atoms with Gasteiger partial charge in [-0.25, -0.2) is 9.37 Å². The van der Waals surface area contributed by atoms with E-state index in [1.165, 1.54) is 28.4 Å². The van der Waals surface area contributed by atoms with Gasteiger partial charge in [-0.2, -0.15) is 0 Å². The van der Waals surface area contributed by atoms with E-state index in [-0.39, 0.29) is 23.8 Å². The van der Waals surface area contributed by atoms with Gasteiger partial charge in [0.05, 0.1) is 27.5 Å². The van der Waals surface area contributed by atoms with Crippen molar-refractivity contribution in [1.82, 2.24) is 15.1 Å². The van der Waals surface area contributed by atoms with Crippen molar-refractivity contribution < 1.29 is 13.7 Å². The number of carbonyl (C=O) groups is 1. The number of aryl methyl sites for hydroxylation is 1. The summed E-state index contributed by atoms with van der Waals surface area (Å²) in [5, 5.41) is 4.98. The Bertz CT molecular complexity index is 1470. The van der Waals surface area contributed by atoms with Gasteiger partial charge in [-0.1, -0.05) is 52.4 Å². The summed E-state index contributed by atoms with van der Waals surface area (Å²) in [6.45, 7) is 1.84. The number of benzene rings is 2. The highest BCUT2D eigenvalue weighted by molar-refractivity contribution is 7.22. The molecule has 1 amide bonds. The minimum absolute atomic E-state index is 0.161. The largest absolute Gasteiger partial charge is 0.360 e. The van der Waals surface area contributed by atoms with E-state index in [9.17, 15) is 9.18 Å². The number of anilines is 1. The smallest absolute Gasteiger partial charge is 0.266 e. The Morgan fingerprint density at radius 1 is 1.15 bits per heavy atom. The molecule has 0 saturated heterocycles. The molecule has 5 aromatic rings. The van der Waals surface area contributed by atoms with Crippen LogP contribution in [0.3, 0.4) is 0 Å². The van der Waals surface area contributed by atoms with Gasteiger partial charge in [-0.3, -0.25) is 14.7 Å². The van der Waals surface area contributed by atoms with E-state index in [0.717, 1.165) is 0 Å². The van der Waals surface area contributed by atoms with Crippen LogP contribution in [0.2, 0.25) is 5.02 Å². The van der Waals surface area contributed by atoms with Crippen molar-refractivity contribution in [1.29, 1.82) is 0 Å². The molecule has 0 aliphatic rings. The molecule has 0 aliphatic heterocycles. The molecule has 0 spiro atoms. The number of nitrogens with zero attached hydrogens (tertiary/aromatic N) is 4. The third-order valence-corrected chi connectivity index (χ3v) is 6.44. The number of hydrogen-bond acceptors (Lipinski definition) is 6. The number of carbonyl (C=O) groups excluding carboxylic acids is 1. The summed E-state index contributed by atoms with van der Waals surface area (Å²) < 4.78 is 19.8. The summed E-state index contributed by atoms with van der Waals surface area (Å²) >= 11 is 7.60. The molecule has 5 rings (SSSR count). The molecular weight excluding hydrogens is 463 g/mol. The van der Waals surface area contributed by atoms with Crippen molar-refractivity contribution in [2.24, 2.45) is 0 Å². The molecule has 0 N–H and O–H groups in total. The fourth-order valence-electron chi connectivity index (χ4n) is 3.48. The number of halogens is 2. The van der Waals surface area contributed by atoms with Crippen LogP contribution in [0.5, 0.6) is 0 Å². The quantitative estimate of drug-likeness (QED) is 0.296. The lowest BCUT2D eigenvalue weighted by Crippen LogP contribution is -2.31. The van der Waals surface area contributed by atoms with Crippen LogP contribution in [0.4, 0.5) is 9.52 Å². The van der Waals surface area contributed by atoms with Gasteiger partial charge >= 0.3 is 0 Å². The zero-order valence-electron chi connectivity index (χ0n) is 17.3. The van der Waals surface area contributed by atoms with Gasteiger partial charge in [-0.15, -0.1) is 0 Å². The number of hydrogen-bond donors (Lipinski definition) is 0. The molecule has 3 heterocycles. The van der Waals surface area contributed by atoms with Gasteiger partial charge in [0.2, 0.25) is 0 Å². The summed E-state index contributed by atoms with van der Waals surface area (Å²) in [5.41, 5.74) is 2.49. The Morgan fingerprint density at radius 2 is 1.97 bits per heavy atom. The topological polar surface area (TPSA) is 72.1 Å². The van der Waals surface area contributed by atoms with Crippen molar-refractivity contribution in [3.8, 4) is 11.3 Å². The summed E-state index contributed by atoms with van der Waals surface area (Å²) in [6.07, 6.45) is 1.66. The van der Waals surface area contributed by atoms with Crippen LogP contribution in [-0.4, -0.2) is 21.0 Å². The van der Waals surface area contributed by atoms with E-state index in [4.69, 9.17) is 16.1 Å². The molecule has 0 radical (unpaired) electrons. The second-order valence-corrected chi connectivity index (χ2v) is 8.68. The number of pyridine rings is 1. The van der Waals surface area contributed by atoms with Gasteiger partial charge in [0.15, 0.2) is 5.13 Å². The molecule has 0 unspecified atom stereocenters. The molecule has 0 fully saturated rings. The lowest BCUT2D eigenvalue weighted by atomic mass is 10.0. The number of aromatic nitrogens is 3. The summed E-state index contributed by atoms with van der Waals surface area (Å²) in [7, 11) is 0. The van der Waals surface area contributed by atoms with Crippen molar-refractivity contribution in [3.05, 3.63) is 94.7 Å². The Kier molecular flexibility index (Phi) is 5.62. The predicted octanol–water partition coefficient (Wildman–Crippen LogP) is 6.29. The van der Waals surface area contributed by atoms with E-state index in [2.05, 4.69) is 15.1 Å². The lowest BCUT2D eigenvalue weighted by molar-refractivity contribution is 0.0984. The van der Waals surface area contributed by atoms with E-state index in [0.29, 0.717) is 43.1 Å². The Balaban J connectivity index is 1.63. The average molecular weight is 479 g/mol. The lowest BCUT2D eigenvalue weighted by Gasteiger charge is -2.19. The van der Waals surface area contributed by atoms with Crippen LogP contribution in [0.25, 0.3) is 21.5 Å². The van der Waals surface area contributed by atoms with Gasteiger partial charge in [0, 0.05) is 11.8 Å². The molecule has 164 valence electrons. The highest BCUT2D eigenvalue weighted by atomic mass is 35.5. The molecule has 2 aromatic carbocycles. The van der Waals surface area contributed by atoms with Crippen LogP contribution in [0, 0.1) is 12.7 Å². The zero-order chi connectivity index (χ0) is 22.9. The first-order valence-corrected chi connectivity index (χ1v) is 11.2. The van der Waals surface area contributed by atoms with Crippen LogP contribution >= 0.6 is 22.9 Å². The molecule has 6 nitrogen and oxygen atoms in total. The SMILES string of the molecule is Cc1onc(-c2ccccc2Cl)c1C(=O)N(Cc1ccccn1)c1nc2ccc(F)cc2s1. The molecule has 33 heavy (non-hydrogen) atoms. The first-order chi connectivity index (χ1) is 16.0. The number of fused-ring (bicyclic) bond motifs is 1. The first-order valence-electron chi connectivity index (χ1n) is 10.0. The van der Waals surface area contributed by atoms with E-state index >= 15 is 0 Å². The second kappa shape index (κ2) is 8.73. The Hall–Kier alpha value is -3.62. The van der Waals surface area contributed by atoms with Gasteiger partial charge in [0.1, 0.15) is 22.8 Å². The standard InChI is InChI=1S/C24H16ClFN4O2S/c1-14-21(22(29-32-14)17-7-2-3-8-18(17)25)23(31)30(13-16-6-4-5-11-27-16)24-28-19-10-9-15(26)12-20(19)33-24/h2-12H,13H2,1H3. The monoisotopic (exact) mass is 478 g/mol. The minimum atomic E-state index is -0.367. The maximum Gasteiger partial charge on any atom is 0.266 e. The van der Waals surface area contributed by atoms with Crippen LogP contribution < -0.4 is 4.90 Å². The van der Waals surface area contributed by atoms with E-state index < -0.39 is 0 Å². The van der Waals surface area contributed by atoms with Crippen LogP contribution in [0.15, 0.2) is 71.4 Å². The number of amides is 1. The maximum atomic E-state index is 13.9. The molecule has 0 atom stereocenters. The number of rotatable bonds is 5. The van der Waals surface area contributed by atoms with Gasteiger partial charge in [0.25, 0.3) is 5.91 Å². The number of thiazole rings is 1. The van der Waals surface area contributed by atoms with Gasteiger partial charge in [-0.05, 0) is 43.3 Å². The maximum absolute atomic E-state index is 13.9. The molecule has 0 saturated carbocycles. The van der Waals surface area contributed by atoms with Crippen LogP contribution in [0.1, 0.15) is 21.8 Å². The van der Waals surface area contributed by atoms with Gasteiger partial charge < -0.3 is 4.52 Å². The highest BCUT2D eigenvalue weighted by Crippen LogP contribution is 2.35. The predicted molar refractivity (Wildman–Crippen MR) is 126 cm³/mol. The first kappa shape index (κ1) is 21.2. The molecular formula is C24H16ClFN4O2S. The van der Waals surface area contributed by atoms with Crippen molar-refractivity contribution in [3.63, 3.8) is 0 Å². The Labute approximate surface area is 197 Å². The van der Waals surface area contributed by atoms with Crippen molar-refractivity contribution in [2.45, 2.75) is 13.5 Å². The third-order valence-electron chi connectivity index (χ3n) is 5.07. The molecule has 3 aromatic heterocycles. The van der Waals surface area contributed by atoms with Crippen molar-refractivity contribution >= 4 is 44.2 Å². The third kappa shape index (κ3) is 4.10. The summed E-state index contributed by atoms with van der Waals surface area (Å²) in [5.74, 6) is -0.377. The normalized spacial score (nSPS) is 11.1. The van der Waals surface area contributed by atoms with E-state index in [1.807, 2.05) is 18.2 Å². The second-order valence-electron chi connectivity index (χ2n) is 7.26. The molecule has 0 aliphatic carbocycles. The van der Waals surface area contributed by atoms with Crippen LogP contribution in [-0.2, 0) is 6.54 Å². The molecule has 9 heteroatoms. The van der Waals surface area contributed by atoms with Crippen molar-refractivity contribution in [2.75, 3.05) is 4.90 Å². The fourth-order valence-corrected chi connectivity index (χ4v) is 4.69. The zero-order valence-corrected chi connectivity index (χ0v) is 18.9. The fraction of sp³-hybridized carbons (Fsp3) is 0.0833. The van der Waals surface area contributed by atoms with E-state index in [1.54, 1.807) is 43.5 Å².